The second-order valence-corrected chi connectivity index (χ2v) is 9.71. The van der Waals surface area contributed by atoms with E-state index < -0.39 is 24.0 Å². The molecule has 2 saturated heterocycles. The lowest BCUT2D eigenvalue weighted by molar-refractivity contribution is -0.146. The first-order valence-electron chi connectivity index (χ1n) is 12.2. The van der Waals surface area contributed by atoms with Gasteiger partial charge in [0, 0.05) is 37.3 Å². The second-order valence-electron chi connectivity index (χ2n) is 9.71. The highest BCUT2D eigenvalue weighted by molar-refractivity contribution is 5.92. The maximum absolute atomic E-state index is 12.9. The van der Waals surface area contributed by atoms with Crippen molar-refractivity contribution in [3.8, 4) is 0 Å². The van der Waals surface area contributed by atoms with Gasteiger partial charge in [0.15, 0.2) is 6.10 Å². The lowest BCUT2D eigenvalue weighted by Gasteiger charge is -2.40. The molecule has 2 heterocycles. The Labute approximate surface area is 201 Å². The molecular weight excluding hydrogens is 430 g/mol. The van der Waals surface area contributed by atoms with Crippen LogP contribution in [0.25, 0.3) is 0 Å². The number of aliphatic hydroxyl groups excluding tert-OH is 2. The molecule has 34 heavy (non-hydrogen) atoms. The first-order chi connectivity index (χ1) is 16.3. The van der Waals surface area contributed by atoms with E-state index >= 15 is 0 Å². The number of carbonyl (C=O) groups is 2. The maximum Gasteiger partial charge on any atom is 0.254 e. The van der Waals surface area contributed by atoms with Crippen LogP contribution in [0.1, 0.15) is 60.0 Å². The Bertz CT molecular complexity index is 982. The molecule has 0 aliphatic carbocycles. The highest BCUT2D eigenvalue weighted by Gasteiger charge is 2.41. The van der Waals surface area contributed by atoms with Crippen molar-refractivity contribution in [2.75, 3.05) is 13.1 Å². The van der Waals surface area contributed by atoms with Crippen molar-refractivity contribution >= 4 is 11.8 Å². The predicted octanol–water partition coefficient (Wildman–Crippen LogP) is 2.27. The van der Waals surface area contributed by atoms with Crippen LogP contribution < -0.4 is 5.73 Å². The highest BCUT2D eigenvalue weighted by Crippen LogP contribution is 2.43. The summed E-state index contributed by atoms with van der Waals surface area (Å²) < 4.78 is 0. The molecule has 2 aliphatic heterocycles. The molecule has 0 saturated carbocycles. The quantitative estimate of drug-likeness (QED) is 0.527. The van der Waals surface area contributed by atoms with E-state index in [1.54, 1.807) is 11.0 Å². The van der Waals surface area contributed by atoms with Crippen molar-refractivity contribution in [1.82, 2.24) is 9.80 Å². The van der Waals surface area contributed by atoms with E-state index in [9.17, 15) is 19.8 Å². The normalized spacial score (nSPS) is 23.9. The monoisotopic (exact) mass is 465 g/mol. The summed E-state index contributed by atoms with van der Waals surface area (Å²) in [6.07, 6.45) is 1.74. The van der Waals surface area contributed by atoms with Crippen molar-refractivity contribution in [3.63, 3.8) is 0 Å². The number of hydrogen-bond acceptors (Lipinski definition) is 5. The van der Waals surface area contributed by atoms with Gasteiger partial charge in [-0.05, 0) is 61.8 Å². The van der Waals surface area contributed by atoms with Gasteiger partial charge in [0.2, 0.25) is 5.91 Å². The fourth-order valence-corrected chi connectivity index (χ4v) is 5.56. The zero-order chi connectivity index (χ0) is 24.2. The predicted molar refractivity (Wildman–Crippen MR) is 130 cm³/mol. The number of aliphatic hydroxyl groups is 2. The summed E-state index contributed by atoms with van der Waals surface area (Å²) in [4.78, 5) is 28.7. The largest absolute Gasteiger partial charge is 0.390 e. The smallest absolute Gasteiger partial charge is 0.254 e. The van der Waals surface area contributed by atoms with E-state index in [4.69, 9.17) is 5.73 Å². The molecule has 2 aromatic carbocycles. The maximum atomic E-state index is 12.9. The lowest BCUT2D eigenvalue weighted by Crippen LogP contribution is -2.49. The van der Waals surface area contributed by atoms with Crippen LogP contribution >= 0.6 is 0 Å². The van der Waals surface area contributed by atoms with Gasteiger partial charge in [-0.2, -0.15) is 0 Å². The Morgan fingerprint density at radius 2 is 1.74 bits per heavy atom. The third kappa shape index (κ3) is 5.49. The van der Waals surface area contributed by atoms with Gasteiger partial charge in [0.1, 0.15) is 0 Å². The molecule has 4 rings (SSSR count). The van der Waals surface area contributed by atoms with E-state index in [-0.39, 0.29) is 0 Å². The van der Waals surface area contributed by atoms with Gasteiger partial charge in [0.25, 0.3) is 5.91 Å². The molecule has 4 N–H and O–H groups in total. The number of piperidine rings is 1. The lowest BCUT2D eigenvalue weighted by atomic mass is 9.84. The van der Waals surface area contributed by atoms with Crippen LogP contribution in [0.5, 0.6) is 0 Å². The summed E-state index contributed by atoms with van der Waals surface area (Å²) in [6.45, 7) is 3.05. The summed E-state index contributed by atoms with van der Waals surface area (Å²) in [5.74, 6) is -0.443. The van der Waals surface area contributed by atoms with Crippen molar-refractivity contribution < 1.29 is 19.8 Å². The van der Waals surface area contributed by atoms with Gasteiger partial charge in [-0.15, -0.1) is 0 Å². The van der Waals surface area contributed by atoms with Crippen molar-refractivity contribution in [1.29, 1.82) is 0 Å². The van der Waals surface area contributed by atoms with Gasteiger partial charge in [-0.1, -0.05) is 42.5 Å². The zero-order valence-electron chi connectivity index (χ0n) is 19.7. The van der Waals surface area contributed by atoms with E-state index in [0.717, 1.165) is 37.8 Å². The first kappa shape index (κ1) is 24.4. The van der Waals surface area contributed by atoms with Crippen LogP contribution in [0.3, 0.4) is 0 Å². The standard InChI is InChI=1S/C27H35N3O4/c1-18(31)25(32)27(34)29(17-19-6-3-2-4-7-19)12-13-30-23-10-11-24(30)16-22(15-23)20-8-5-9-21(14-20)26(28)33/h2-9,14,18,22-25,31-32H,10-13,15-17H2,1H3,(H2,28,33)/t18-,22?,23-,24+,25+/m1/s1. The van der Waals surface area contributed by atoms with Crippen LogP contribution in [0.4, 0.5) is 0 Å². The molecule has 5 atom stereocenters. The molecule has 2 fully saturated rings. The van der Waals surface area contributed by atoms with E-state index in [1.165, 1.54) is 12.5 Å². The molecule has 182 valence electrons. The minimum atomic E-state index is -1.43. The summed E-state index contributed by atoms with van der Waals surface area (Å²) in [6, 6.07) is 18.3. The number of benzene rings is 2. The topological polar surface area (TPSA) is 107 Å². The average Bonchev–Trinajstić information content (AvgIpc) is 3.07. The summed E-state index contributed by atoms with van der Waals surface area (Å²) in [5, 5.41) is 20.0. The van der Waals surface area contributed by atoms with Crippen LogP contribution in [-0.2, 0) is 11.3 Å². The van der Waals surface area contributed by atoms with Gasteiger partial charge < -0.3 is 20.8 Å². The van der Waals surface area contributed by atoms with Crippen LogP contribution in [0, 0.1) is 0 Å². The summed E-state index contributed by atoms with van der Waals surface area (Å²) in [5.41, 5.74) is 8.20. The molecule has 7 nitrogen and oxygen atoms in total. The van der Waals surface area contributed by atoms with E-state index in [0.29, 0.717) is 36.7 Å². The Balaban J connectivity index is 1.43. The number of rotatable bonds is 9. The van der Waals surface area contributed by atoms with E-state index in [1.807, 2.05) is 42.5 Å². The number of nitrogens with zero attached hydrogens (tertiary/aromatic N) is 2. The Morgan fingerprint density at radius 1 is 1.06 bits per heavy atom. The Morgan fingerprint density at radius 3 is 2.35 bits per heavy atom. The van der Waals surface area contributed by atoms with Crippen molar-refractivity contribution in [2.24, 2.45) is 5.73 Å². The van der Waals surface area contributed by atoms with Gasteiger partial charge in [-0.25, -0.2) is 0 Å². The molecule has 2 aromatic rings. The average molecular weight is 466 g/mol. The molecule has 0 aromatic heterocycles. The molecule has 2 bridgehead atoms. The minimum Gasteiger partial charge on any atom is -0.390 e. The Hall–Kier alpha value is -2.74. The third-order valence-electron chi connectivity index (χ3n) is 7.39. The van der Waals surface area contributed by atoms with Crippen molar-refractivity contribution in [2.45, 2.75) is 69.4 Å². The van der Waals surface area contributed by atoms with E-state index in [2.05, 4.69) is 11.0 Å². The molecule has 2 amide bonds. The molecule has 0 radical (unpaired) electrons. The molecule has 7 heteroatoms. The molecule has 1 unspecified atom stereocenters. The van der Waals surface area contributed by atoms with Crippen LogP contribution in [-0.4, -0.2) is 69.2 Å². The fourth-order valence-electron chi connectivity index (χ4n) is 5.56. The number of amides is 2. The van der Waals surface area contributed by atoms with Gasteiger partial charge in [0.05, 0.1) is 6.10 Å². The third-order valence-corrected chi connectivity index (χ3v) is 7.39. The van der Waals surface area contributed by atoms with Crippen LogP contribution in [0.15, 0.2) is 54.6 Å². The molecule has 0 spiro atoms. The van der Waals surface area contributed by atoms with Crippen molar-refractivity contribution in [3.05, 3.63) is 71.3 Å². The van der Waals surface area contributed by atoms with Gasteiger partial charge >= 0.3 is 0 Å². The SMILES string of the molecule is C[C@@H](O)[C@H](O)C(=O)N(CCN1[C@@H]2CC[C@H]1CC(c1cccc(C(N)=O)c1)C2)Cc1ccccc1. The summed E-state index contributed by atoms with van der Waals surface area (Å²) >= 11 is 0. The second kappa shape index (κ2) is 10.7. The minimum absolute atomic E-state index is 0.396. The highest BCUT2D eigenvalue weighted by atomic mass is 16.3. The Kier molecular flexibility index (Phi) is 7.66. The number of nitrogens with two attached hydrogens (primary N) is 1. The molecule has 2 aliphatic rings. The number of carbonyl (C=O) groups excluding carboxylic acids is 2. The summed E-state index contributed by atoms with van der Waals surface area (Å²) in [7, 11) is 0. The number of primary amides is 1. The zero-order valence-corrected chi connectivity index (χ0v) is 19.7. The first-order valence-corrected chi connectivity index (χ1v) is 12.2. The number of fused-ring (bicyclic) bond motifs is 2. The number of hydrogen-bond donors (Lipinski definition) is 3. The fraction of sp³-hybridized carbons (Fsp3) is 0.481. The van der Waals surface area contributed by atoms with Gasteiger partial charge in [-0.3, -0.25) is 14.5 Å². The molecular formula is C27H35N3O4. The van der Waals surface area contributed by atoms with Crippen LogP contribution in [0.2, 0.25) is 0 Å².